The van der Waals surface area contributed by atoms with Crippen molar-refractivity contribution in [2.75, 3.05) is 0 Å². The molecule has 1 aromatic carbocycles. The van der Waals surface area contributed by atoms with E-state index in [-0.39, 0.29) is 10.8 Å². The third-order valence-electron chi connectivity index (χ3n) is 2.83. The SMILES string of the molecule is CCc1ccc(C(=O)Br)c(CC)c1CC.N. The van der Waals surface area contributed by atoms with E-state index in [4.69, 9.17) is 0 Å². The average molecular weight is 286 g/mol. The molecule has 0 fully saturated rings. The van der Waals surface area contributed by atoms with Gasteiger partial charge in [0.15, 0.2) is 0 Å². The molecular formula is C13H20BrNO. The number of carbonyl (C=O) groups excluding carboxylic acids is 1. The first-order chi connectivity index (χ1) is 7.15. The summed E-state index contributed by atoms with van der Waals surface area (Å²) in [4.78, 5) is 11.4. The van der Waals surface area contributed by atoms with E-state index >= 15 is 0 Å². The second-order valence-electron chi connectivity index (χ2n) is 3.56. The van der Waals surface area contributed by atoms with E-state index < -0.39 is 0 Å². The Balaban J connectivity index is 0.00000225. The topological polar surface area (TPSA) is 52.1 Å². The maximum Gasteiger partial charge on any atom is 0.228 e. The predicted molar refractivity (Wildman–Crippen MR) is 72.9 cm³/mol. The zero-order valence-corrected chi connectivity index (χ0v) is 11.9. The highest BCUT2D eigenvalue weighted by molar-refractivity contribution is 9.18. The Bertz CT molecular complexity index is 374. The summed E-state index contributed by atoms with van der Waals surface area (Å²) in [6.45, 7) is 6.41. The number of aryl methyl sites for hydroxylation is 1. The minimum absolute atomic E-state index is 0. The van der Waals surface area contributed by atoms with Gasteiger partial charge in [-0.3, -0.25) is 4.79 Å². The molecule has 0 bridgehead atoms. The maximum absolute atomic E-state index is 11.4. The Labute approximate surface area is 106 Å². The van der Waals surface area contributed by atoms with Gasteiger partial charge in [0.05, 0.1) is 0 Å². The van der Waals surface area contributed by atoms with Gasteiger partial charge in [-0.1, -0.05) is 26.8 Å². The lowest BCUT2D eigenvalue weighted by Gasteiger charge is -2.14. The predicted octanol–water partition coefficient (Wildman–Crippen LogP) is 4.07. The Morgan fingerprint density at radius 1 is 1.06 bits per heavy atom. The summed E-state index contributed by atoms with van der Waals surface area (Å²) in [5.74, 6) is 0. The molecule has 0 atom stereocenters. The van der Waals surface area contributed by atoms with Gasteiger partial charge in [-0.2, -0.15) is 0 Å². The highest BCUT2D eigenvalue weighted by atomic mass is 79.9. The summed E-state index contributed by atoms with van der Waals surface area (Å²) >= 11 is 3.05. The minimum Gasteiger partial charge on any atom is -0.344 e. The van der Waals surface area contributed by atoms with Crippen molar-refractivity contribution in [1.82, 2.24) is 6.15 Å². The van der Waals surface area contributed by atoms with Crippen LogP contribution in [0, 0.1) is 0 Å². The van der Waals surface area contributed by atoms with E-state index in [0.717, 1.165) is 24.8 Å². The van der Waals surface area contributed by atoms with Crippen LogP contribution in [0.3, 0.4) is 0 Å². The first-order valence-corrected chi connectivity index (χ1v) is 6.28. The van der Waals surface area contributed by atoms with Crippen molar-refractivity contribution in [1.29, 1.82) is 0 Å². The summed E-state index contributed by atoms with van der Waals surface area (Å²) in [6.07, 6.45) is 2.96. The first-order valence-electron chi connectivity index (χ1n) is 5.49. The van der Waals surface area contributed by atoms with Crippen LogP contribution in [0.2, 0.25) is 0 Å². The van der Waals surface area contributed by atoms with E-state index in [1.165, 1.54) is 16.7 Å². The monoisotopic (exact) mass is 285 g/mol. The molecule has 3 heteroatoms. The molecule has 3 N–H and O–H groups in total. The van der Waals surface area contributed by atoms with Gasteiger partial charge in [0.2, 0.25) is 4.69 Å². The number of hydrogen-bond donors (Lipinski definition) is 1. The zero-order valence-electron chi connectivity index (χ0n) is 10.3. The molecule has 0 aliphatic carbocycles. The summed E-state index contributed by atoms with van der Waals surface area (Å²) in [5.41, 5.74) is 4.75. The van der Waals surface area contributed by atoms with Gasteiger partial charge in [0.1, 0.15) is 0 Å². The van der Waals surface area contributed by atoms with Crippen LogP contribution in [0.25, 0.3) is 0 Å². The third kappa shape index (κ3) is 2.92. The molecule has 16 heavy (non-hydrogen) atoms. The fourth-order valence-corrected chi connectivity index (χ4v) is 2.47. The van der Waals surface area contributed by atoms with Gasteiger partial charge in [-0.15, -0.1) is 0 Å². The second-order valence-corrected chi connectivity index (χ2v) is 4.28. The molecule has 1 rings (SSSR count). The van der Waals surface area contributed by atoms with Gasteiger partial charge in [-0.05, 0) is 57.9 Å². The molecule has 2 nitrogen and oxygen atoms in total. The van der Waals surface area contributed by atoms with Crippen molar-refractivity contribution in [3.63, 3.8) is 0 Å². The van der Waals surface area contributed by atoms with Crippen LogP contribution in [0.15, 0.2) is 12.1 Å². The molecule has 0 amide bonds. The number of benzene rings is 1. The minimum atomic E-state index is -0.00305. The Morgan fingerprint density at radius 3 is 2.00 bits per heavy atom. The smallest absolute Gasteiger partial charge is 0.228 e. The highest BCUT2D eigenvalue weighted by Crippen LogP contribution is 2.23. The number of halogens is 1. The van der Waals surface area contributed by atoms with Crippen LogP contribution in [0.1, 0.15) is 47.8 Å². The molecule has 0 aliphatic heterocycles. The van der Waals surface area contributed by atoms with Crippen LogP contribution in [0.5, 0.6) is 0 Å². The second kappa shape index (κ2) is 6.81. The van der Waals surface area contributed by atoms with Crippen molar-refractivity contribution >= 4 is 20.6 Å². The maximum atomic E-state index is 11.4. The Morgan fingerprint density at radius 2 is 1.62 bits per heavy atom. The van der Waals surface area contributed by atoms with Crippen molar-refractivity contribution in [2.45, 2.75) is 40.0 Å². The lowest BCUT2D eigenvalue weighted by molar-refractivity contribution is 0.109. The van der Waals surface area contributed by atoms with E-state index in [9.17, 15) is 4.79 Å². The van der Waals surface area contributed by atoms with Crippen LogP contribution >= 0.6 is 15.9 Å². The van der Waals surface area contributed by atoms with Gasteiger partial charge >= 0.3 is 0 Å². The van der Waals surface area contributed by atoms with Crippen LogP contribution < -0.4 is 6.15 Å². The molecule has 0 saturated carbocycles. The largest absolute Gasteiger partial charge is 0.344 e. The highest BCUT2D eigenvalue weighted by Gasteiger charge is 2.13. The molecule has 0 aliphatic rings. The van der Waals surface area contributed by atoms with Crippen molar-refractivity contribution in [3.8, 4) is 0 Å². The summed E-state index contributed by atoms with van der Waals surface area (Å²) in [5, 5.41) is 0. The Kier molecular flexibility index (Phi) is 6.53. The standard InChI is InChI=1S/C13H17BrO.H3N/c1-4-9-7-8-12(13(14)15)11(6-3)10(9)5-2;/h7-8H,4-6H2,1-3H3;1H3. The summed E-state index contributed by atoms with van der Waals surface area (Å²) in [7, 11) is 0. The number of rotatable bonds is 4. The van der Waals surface area contributed by atoms with E-state index in [1.54, 1.807) is 0 Å². The van der Waals surface area contributed by atoms with Crippen molar-refractivity contribution < 1.29 is 4.79 Å². The quantitative estimate of drug-likeness (QED) is 0.848. The van der Waals surface area contributed by atoms with Gasteiger partial charge < -0.3 is 6.15 Å². The third-order valence-corrected chi connectivity index (χ3v) is 3.26. The number of carbonyl (C=O) groups is 1. The van der Waals surface area contributed by atoms with Crippen LogP contribution in [-0.4, -0.2) is 4.69 Å². The number of hydrogen-bond acceptors (Lipinski definition) is 2. The molecular weight excluding hydrogens is 266 g/mol. The van der Waals surface area contributed by atoms with Gasteiger partial charge in [0.25, 0.3) is 0 Å². The van der Waals surface area contributed by atoms with E-state index in [2.05, 4.69) is 42.8 Å². The molecule has 0 spiro atoms. The van der Waals surface area contributed by atoms with Gasteiger partial charge in [-0.25, -0.2) is 0 Å². The first kappa shape index (κ1) is 15.3. The van der Waals surface area contributed by atoms with Crippen molar-refractivity contribution in [3.05, 3.63) is 34.4 Å². The van der Waals surface area contributed by atoms with E-state index in [0.29, 0.717) is 0 Å². The molecule has 0 unspecified atom stereocenters. The van der Waals surface area contributed by atoms with Crippen LogP contribution in [0.4, 0.5) is 0 Å². The van der Waals surface area contributed by atoms with Gasteiger partial charge in [0, 0.05) is 5.56 Å². The average Bonchev–Trinajstić information content (AvgIpc) is 2.26. The lowest BCUT2D eigenvalue weighted by atomic mass is 9.92. The molecule has 0 heterocycles. The lowest BCUT2D eigenvalue weighted by Crippen LogP contribution is -2.04. The van der Waals surface area contributed by atoms with E-state index in [1.807, 2.05) is 6.07 Å². The van der Waals surface area contributed by atoms with Crippen LogP contribution in [-0.2, 0) is 19.3 Å². The fourth-order valence-electron chi connectivity index (χ4n) is 2.10. The normalized spacial score (nSPS) is 9.75. The molecule has 0 saturated heterocycles. The van der Waals surface area contributed by atoms with Crippen molar-refractivity contribution in [2.24, 2.45) is 0 Å². The zero-order chi connectivity index (χ0) is 11.4. The summed E-state index contributed by atoms with van der Waals surface area (Å²) in [6, 6.07) is 4.01. The molecule has 1 aromatic rings. The molecule has 90 valence electrons. The summed E-state index contributed by atoms with van der Waals surface area (Å²) < 4.78 is -0.00305. The fraction of sp³-hybridized carbons (Fsp3) is 0.462. The molecule has 0 aromatic heterocycles. The Hall–Kier alpha value is -0.670. The molecule has 0 radical (unpaired) electrons.